The number of carbonyl (C=O) groups is 1. The first kappa shape index (κ1) is 17.3. The summed E-state index contributed by atoms with van der Waals surface area (Å²) >= 11 is 0. The predicted octanol–water partition coefficient (Wildman–Crippen LogP) is 3.20. The second-order valence-corrected chi connectivity index (χ2v) is 5.20. The second kappa shape index (κ2) is 8.02. The van der Waals surface area contributed by atoms with Crippen LogP contribution in [0.1, 0.15) is 16.1 Å². The third-order valence-corrected chi connectivity index (χ3v) is 3.39. The first-order chi connectivity index (χ1) is 12.7. The number of carbonyl (C=O) groups excluding carboxylic acids is 1. The number of halogens is 1. The quantitative estimate of drug-likeness (QED) is 0.680. The molecular formula is C18H15FN4O3. The lowest BCUT2D eigenvalue weighted by Crippen LogP contribution is -2.08. The number of aromatic nitrogens is 3. The fourth-order valence-corrected chi connectivity index (χ4v) is 2.10. The summed E-state index contributed by atoms with van der Waals surface area (Å²) < 4.78 is 24.2. The van der Waals surface area contributed by atoms with Gasteiger partial charge in [-0.3, -0.25) is 4.98 Å². The minimum absolute atomic E-state index is 0.112. The number of nitrogens with zero attached hydrogens (tertiary/aromatic N) is 3. The minimum atomic E-state index is -0.560. The number of esters is 1. The van der Waals surface area contributed by atoms with Gasteiger partial charge in [0, 0.05) is 12.7 Å². The van der Waals surface area contributed by atoms with Crippen LogP contribution in [0.2, 0.25) is 0 Å². The monoisotopic (exact) mass is 354 g/mol. The Balaban J connectivity index is 1.62. The molecule has 132 valence electrons. The Morgan fingerprint density at radius 2 is 2.08 bits per heavy atom. The fourth-order valence-electron chi connectivity index (χ4n) is 2.10. The maximum Gasteiger partial charge on any atom is 0.358 e. The van der Waals surface area contributed by atoms with Crippen molar-refractivity contribution in [2.45, 2.75) is 6.54 Å². The Bertz CT molecular complexity index is 889. The van der Waals surface area contributed by atoms with Crippen molar-refractivity contribution in [1.29, 1.82) is 0 Å². The van der Waals surface area contributed by atoms with Gasteiger partial charge in [-0.05, 0) is 42.0 Å². The van der Waals surface area contributed by atoms with Crippen LogP contribution in [0.5, 0.6) is 11.5 Å². The maximum absolute atomic E-state index is 14.2. The van der Waals surface area contributed by atoms with E-state index in [1.807, 2.05) is 0 Å². The molecule has 1 aromatic carbocycles. The van der Waals surface area contributed by atoms with Crippen molar-refractivity contribution in [3.05, 3.63) is 71.9 Å². The summed E-state index contributed by atoms with van der Waals surface area (Å²) in [6.07, 6.45) is 3.12. The number of anilines is 1. The number of nitrogens with one attached hydrogen (secondary N) is 1. The molecule has 3 aromatic rings. The summed E-state index contributed by atoms with van der Waals surface area (Å²) in [6.45, 7) is 0.330. The van der Waals surface area contributed by atoms with Gasteiger partial charge in [0.1, 0.15) is 11.6 Å². The Morgan fingerprint density at radius 1 is 1.19 bits per heavy atom. The van der Waals surface area contributed by atoms with Gasteiger partial charge in [0.25, 0.3) is 0 Å². The molecule has 0 aliphatic carbocycles. The van der Waals surface area contributed by atoms with E-state index < -0.39 is 11.8 Å². The number of pyridine rings is 1. The molecule has 2 heterocycles. The Kier molecular flexibility index (Phi) is 5.33. The van der Waals surface area contributed by atoms with E-state index in [-0.39, 0.29) is 11.4 Å². The summed E-state index contributed by atoms with van der Waals surface area (Å²) in [7, 11) is 1.27. The summed E-state index contributed by atoms with van der Waals surface area (Å²) in [5, 5.41) is 10.6. The Labute approximate surface area is 148 Å². The molecule has 26 heavy (non-hydrogen) atoms. The van der Waals surface area contributed by atoms with E-state index in [0.29, 0.717) is 23.7 Å². The number of ether oxygens (including phenoxy) is 2. The minimum Gasteiger partial charge on any atom is -0.464 e. The zero-order valence-corrected chi connectivity index (χ0v) is 13.8. The van der Waals surface area contributed by atoms with Crippen molar-refractivity contribution in [2.75, 3.05) is 12.4 Å². The van der Waals surface area contributed by atoms with Crippen LogP contribution in [0.3, 0.4) is 0 Å². The van der Waals surface area contributed by atoms with Gasteiger partial charge in [-0.1, -0.05) is 6.07 Å². The SMILES string of the molecule is COC(=O)c1ccc(NCc2ccc(Oc3cccnc3)c(F)c2)nn1. The number of hydrogen-bond acceptors (Lipinski definition) is 7. The molecule has 0 atom stereocenters. The molecular weight excluding hydrogens is 339 g/mol. The summed E-state index contributed by atoms with van der Waals surface area (Å²) in [6, 6.07) is 11.1. The normalized spacial score (nSPS) is 10.2. The van der Waals surface area contributed by atoms with Gasteiger partial charge in [0.2, 0.25) is 0 Å². The highest BCUT2D eigenvalue weighted by molar-refractivity contribution is 5.86. The van der Waals surface area contributed by atoms with Crippen LogP contribution in [0.4, 0.5) is 10.2 Å². The largest absolute Gasteiger partial charge is 0.464 e. The highest BCUT2D eigenvalue weighted by Crippen LogP contribution is 2.24. The molecule has 1 N–H and O–H groups in total. The Hall–Kier alpha value is -3.55. The number of rotatable bonds is 6. The lowest BCUT2D eigenvalue weighted by molar-refractivity contribution is 0.0592. The molecule has 0 unspecified atom stereocenters. The van der Waals surface area contributed by atoms with Gasteiger partial charge in [0.05, 0.1) is 13.3 Å². The molecule has 0 saturated heterocycles. The molecule has 0 bridgehead atoms. The first-order valence-corrected chi connectivity index (χ1v) is 7.68. The van der Waals surface area contributed by atoms with E-state index in [2.05, 4.69) is 25.2 Å². The molecule has 7 nitrogen and oxygen atoms in total. The van der Waals surface area contributed by atoms with Gasteiger partial charge in [0.15, 0.2) is 17.3 Å². The van der Waals surface area contributed by atoms with Gasteiger partial charge in [-0.2, -0.15) is 0 Å². The van der Waals surface area contributed by atoms with E-state index in [9.17, 15) is 9.18 Å². The standard InChI is InChI=1S/C18H15FN4O3/c1-25-18(24)15-5-7-17(23-22-15)21-10-12-4-6-16(14(19)9-12)26-13-3-2-8-20-11-13/h2-9,11H,10H2,1H3,(H,21,23). The van der Waals surface area contributed by atoms with Crippen molar-refractivity contribution in [3.63, 3.8) is 0 Å². The molecule has 8 heteroatoms. The van der Waals surface area contributed by atoms with Crippen LogP contribution in [0.25, 0.3) is 0 Å². The number of methoxy groups -OCH3 is 1. The molecule has 2 aromatic heterocycles. The van der Waals surface area contributed by atoms with Crippen LogP contribution in [0.15, 0.2) is 54.9 Å². The average molecular weight is 354 g/mol. The maximum atomic E-state index is 14.2. The molecule has 3 rings (SSSR count). The van der Waals surface area contributed by atoms with Crippen LogP contribution in [-0.2, 0) is 11.3 Å². The average Bonchev–Trinajstić information content (AvgIpc) is 2.69. The molecule has 0 radical (unpaired) electrons. The third kappa shape index (κ3) is 4.29. The highest BCUT2D eigenvalue weighted by Gasteiger charge is 2.09. The van der Waals surface area contributed by atoms with Crippen molar-refractivity contribution >= 4 is 11.8 Å². The van der Waals surface area contributed by atoms with Crippen LogP contribution >= 0.6 is 0 Å². The van der Waals surface area contributed by atoms with Gasteiger partial charge in [-0.25, -0.2) is 9.18 Å². The van der Waals surface area contributed by atoms with Gasteiger partial charge >= 0.3 is 5.97 Å². The lowest BCUT2D eigenvalue weighted by Gasteiger charge is -2.09. The number of hydrogen-bond donors (Lipinski definition) is 1. The van der Waals surface area contributed by atoms with Gasteiger partial charge in [-0.15, -0.1) is 10.2 Å². The summed E-state index contributed by atoms with van der Waals surface area (Å²) in [4.78, 5) is 15.2. The van der Waals surface area contributed by atoms with Crippen molar-refractivity contribution in [1.82, 2.24) is 15.2 Å². The topological polar surface area (TPSA) is 86.2 Å². The van der Waals surface area contributed by atoms with E-state index in [1.165, 1.54) is 25.4 Å². The first-order valence-electron chi connectivity index (χ1n) is 7.68. The zero-order valence-electron chi connectivity index (χ0n) is 13.8. The Morgan fingerprint density at radius 3 is 2.73 bits per heavy atom. The molecule has 0 fully saturated rings. The fraction of sp³-hybridized carbons (Fsp3) is 0.111. The third-order valence-electron chi connectivity index (χ3n) is 3.39. The van der Waals surface area contributed by atoms with E-state index in [4.69, 9.17) is 4.74 Å². The lowest BCUT2D eigenvalue weighted by atomic mass is 10.2. The molecule has 0 aliphatic heterocycles. The molecule has 0 spiro atoms. The van der Waals surface area contributed by atoms with Crippen molar-refractivity contribution in [2.24, 2.45) is 0 Å². The smallest absolute Gasteiger partial charge is 0.358 e. The number of benzene rings is 1. The molecule has 0 saturated carbocycles. The predicted molar refractivity (Wildman–Crippen MR) is 91.4 cm³/mol. The van der Waals surface area contributed by atoms with Crippen molar-refractivity contribution in [3.8, 4) is 11.5 Å². The summed E-state index contributed by atoms with van der Waals surface area (Å²) in [5.74, 6) is -0.0217. The zero-order chi connectivity index (χ0) is 18.4. The highest BCUT2D eigenvalue weighted by atomic mass is 19.1. The van der Waals surface area contributed by atoms with Crippen LogP contribution in [0, 0.1) is 5.82 Å². The van der Waals surface area contributed by atoms with Crippen LogP contribution in [-0.4, -0.2) is 28.3 Å². The van der Waals surface area contributed by atoms with Crippen molar-refractivity contribution < 1.29 is 18.7 Å². The van der Waals surface area contributed by atoms with E-state index >= 15 is 0 Å². The molecule has 0 aliphatic rings. The summed E-state index contributed by atoms with van der Waals surface area (Å²) in [5.41, 5.74) is 0.806. The second-order valence-electron chi connectivity index (χ2n) is 5.20. The van der Waals surface area contributed by atoms with Gasteiger partial charge < -0.3 is 14.8 Å². The van der Waals surface area contributed by atoms with E-state index in [0.717, 1.165) is 0 Å². The van der Waals surface area contributed by atoms with Crippen LogP contribution < -0.4 is 10.1 Å². The van der Waals surface area contributed by atoms with E-state index in [1.54, 1.807) is 36.5 Å². The molecule has 0 amide bonds.